The van der Waals surface area contributed by atoms with Crippen LogP contribution in [0.25, 0.3) is 0 Å². The van der Waals surface area contributed by atoms with Gasteiger partial charge < -0.3 is 5.11 Å². The molecule has 104 valence electrons. The molecule has 18 heavy (non-hydrogen) atoms. The molecule has 2 N–H and O–H groups in total. The van der Waals surface area contributed by atoms with E-state index in [0.29, 0.717) is 17.7 Å². The number of aryl methyl sites for hydroxylation is 2. The maximum absolute atomic E-state index is 12.3. The number of hydrogen-bond donors (Lipinski definition) is 2. The topological polar surface area (TPSA) is 66.4 Å². The molecule has 1 rings (SSSR count). The van der Waals surface area contributed by atoms with E-state index in [2.05, 4.69) is 4.72 Å². The molecule has 6 heteroatoms. The van der Waals surface area contributed by atoms with Crippen molar-refractivity contribution in [1.29, 1.82) is 0 Å². The number of aliphatic hydroxyl groups excluding tert-OH is 1. The van der Waals surface area contributed by atoms with E-state index in [0.717, 1.165) is 9.75 Å². The minimum atomic E-state index is -3.51. The molecular weight excluding hydrogens is 270 g/mol. The molecule has 0 radical (unpaired) electrons. The Labute approximate surface area is 113 Å². The maximum Gasteiger partial charge on any atom is 0.242 e. The molecule has 1 atom stereocenters. The van der Waals surface area contributed by atoms with E-state index in [-0.39, 0.29) is 6.61 Å². The summed E-state index contributed by atoms with van der Waals surface area (Å²) in [5.74, 6) is 0. The number of aliphatic hydroxyl groups is 1. The number of sulfonamides is 1. The molecule has 1 aromatic heterocycles. The van der Waals surface area contributed by atoms with Crippen LogP contribution in [0.4, 0.5) is 0 Å². The van der Waals surface area contributed by atoms with Crippen molar-refractivity contribution in [2.24, 2.45) is 0 Å². The van der Waals surface area contributed by atoms with Gasteiger partial charge in [-0.2, -0.15) is 0 Å². The summed E-state index contributed by atoms with van der Waals surface area (Å²) in [5.41, 5.74) is -0.601. The summed E-state index contributed by atoms with van der Waals surface area (Å²) < 4.78 is 27.4. The Balaban J connectivity index is 3.05. The lowest BCUT2D eigenvalue weighted by atomic mass is 9.97. The van der Waals surface area contributed by atoms with Crippen LogP contribution in [0.2, 0.25) is 0 Å². The predicted molar refractivity (Wildman–Crippen MR) is 74.5 cm³/mol. The number of nitrogens with one attached hydrogen (secondary N) is 1. The fourth-order valence-corrected chi connectivity index (χ4v) is 4.86. The van der Waals surface area contributed by atoms with Crippen molar-refractivity contribution in [3.8, 4) is 0 Å². The molecule has 0 saturated heterocycles. The average Bonchev–Trinajstić information content (AvgIpc) is 2.58. The molecule has 0 bridgehead atoms. The van der Waals surface area contributed by atoms with Crippen LogP contribution in [0.3, 0.4) is 0 Å². The minimum absolute atomic E-state index is 0.0332. The Morgan fingerprint density at radius 1 is 1.44 bits per heavy atom. The summed E-state index contributed by atoms with van der Waals surface area (Å²) in [4.78, 5) is 2.12. The molecular formula is C12H21NO3S2. The SMILES string of the molecule is CCC(C)(CCO)NS(=O)(=O)c1cc(C)sc1C. The first-order chi connectivity index (χ1) is 8.24. The average molecular weight is 291 g/mol. The molecule has 0 aliphatic rings. The highest BCUT2D eigenvalue weighted by Gasteiger charge is 2.30. The van der Waals surface area contributed by atoms with E-state index in [4.69, 9.17) is 5.11 Å². The fourth-order valence-electron chi connectivity index (χ4n) is 1.80. The van der Waals surface area contributed by atoms with E-state index < -0.39 is 15.6 Å². The molecule has 0 spiro atoms. The van der Waals surface area contributed by atoms with Gasteiger partial charge in [0.15, 0.2) is 0 Å². The van der Waals surface area contributed by atoms with Crippen LogP contribution in [0.5, 0.6) is 0 Å². The van der Waals surface area contributed by atoms with Crippen LogP contribution in [-0.4, -0.2) is 25.7 Å². The lowest BCUT2D eigenvalue weighted by molar-refractivity contribution is 0.233. The van der Waals surface area contributed by atoms with Gasteiger partial charge >= 0.3 is 0 Å². The zero-order valence-corrected chi connectivity index (χ0v) is 12.9. The molecule has 0 aliphatic carbocycles. The smallest absolute Gasteiger partial charge is 0.242 e. The quantitative estimate of drug-likeness (QED) is 0.844. The molecule has 0 aromatic carbocycles. The highest BCUT2D eigenvalue weighted by atomic mass is 32.2. The third-order valence-electron chi connectivity index (χ3n) is 3.11. The first-order valence-corrected chi connectivity index (χ1v) is 8.26. The van der Waals surface area contributed by atoms with Crippen LogP contribution in [0.15, 0.2) is 11.0 Å². The van der Waals surface area contributed by atoms with Gasteiger partial charge in [-0.1, -0.05) is 6.92 Å². The third-order valence-corrected chi connectivity index (χ3v) is 5.97. The van der Waals surface area contributed by atoms with Crippen LogP contribution in [0.1, 0.15) is 36.4 Å². The van der Waals surface area contributed by atoms with Gasteiger partial charge in [-0.3, -0.25) is 0 Å². The Morgan fingerprint density at radius 3 is 2.44 bits per heavy atom. The Hall–Kier alpha value is -0.430. The second-order valence-corrected chi connectivity index (χ2v) is 7.88. The van der Waals surface area contributed by atoms with Gasteiger partial charge in [0.2, 0.25) is 10.0 Å². The molecule has 1 aromatic rings. The first-order valence-electron chi connectivity index (χ1n) is 5.96. The Morgan fingerprint density at radius 2 is 2.06 bits per heavy atom. The molecule has 4 nitrogen and oxygen atoms in total. The molecule has 0 fully saturated rings. The lowest BCUT2D eigenvalue weighted by Gasteiger charge is -2.28. The second-order valence-electron chi connectivity index (χ2n) is 4.77. The normalized spacial score (nSPS) is 15.6. The van der Waals surface area contributed by atoms with E-state index in [1.54, 1.807) is 6.07 Å². The lowest BCUT2D eigenvalue weighted by Crippen LogP contribution is -2.46. The van der Waals surface area contributed by atoms with Crippen molar-refractivity contribution in [2.75, 3.05) is 6.61 Å². The summed E-state index contributed by atoms with van der Waals surface area (Å²) in [5, 5.41) is 9.03. The highest BCUT2D eigenvalue weighted by Crippen LogP contribution is 2.27. The van der Waals surface area contributed by atoms with E-state index in [1.165, 1.54) is 11.3 Å². The van der Waals surface area contributed by atoms with Crippen LogP contribution >= 0.6 is 11.3 Å². The molecule has 0 aliphatic heterocycles. The Kier molecular flexibility index (Phi) is 4.94. The van der Waals surface area contributed by atoms with Gasteiger partial charge in [0.05, 0.1) is 4.90 Å². The monoisotopic (exact) mass is 291 g/mol. The van der Waals surface area contributed by atoms with Crippen molar-refractivity contribution in [1.82, 2.24) is 4.72 Å². The largest absolute Gasteiger partial charge is 0.396 e. The molecule has 0 amide bonds. The molecule has 0 saturated carbocycles. The van der Waals surface area contributed by atoms with Crippen molar-refractivity contribution in [2.45, 2.75) is 51.0 Å². The van der Waals surface area contributed by atoms with E-state index >= 15 is 0 Å². The number of thiophene rings is 1. The van der Waals surface area contributed by atoms with Crippen LogP contribution in [0, 0.1) is 13.8 Å². The fraction of sp³-hybridized carbons (Fsp3) is 0.667. The summed E-state index contributed by atoms with van der Waals surface area (Å²) in [6.45, 7) is 7.39. The standard InChI is InChI=1S/C12H21NO3S2/c1-5-12(4,6-7-14)13-18(15,16)11-8-9(2)17-10(11)3/h8,13-14H,5-7H2,1-4H3. The van der Waals surface area contributed by atoms with Gasteiger partial charge in [0.1, 0.15) is 0 Å². The number of hydrogen-bond acceptors (Lipinski definition) is 4. The maximum atomic E-state index is 12.3. The summed E-state index contributed by atoms with van der Waals surface area (Å²) >= 11 is 1.47. The summed E-state index contributed by atoms with van der Waals surface area (Å²) in [6.07, 6.45) is 1.04. The second kappa shape index (κ2) is 5.69. The van der Waals surface area contributed by atoms with Gasteiger partial charge in [0, 0.05) is 21.9 Å². The molecule has 1 heterocycles. The van der Waals surface area contributed by atoms with Gasteiger partial charge in [-0.25, -0.2) is 13.1 Å². The minimum Gasteiger partial charge on any atom is -0.396 e. The van der Waals surface area contributed by atoms with Gasteiger partial charge in [-0.05, 0) is 39.7 Å². The van der Waals surface area contributed by atoms with Crippen molar-refractivity contribution in [3.63, 3.8) is 0 Å². The summed E-state index contributed by atoms with van der Waals surface area (Å²) in [7, 11) is -3.51. The van der Waals surface area contributed by atoms with Gasteiger partial charge in [0.25, 0.3) is 0 Å². The van der Waals surface area contributed by atoms with Crippen LogP contribution < -0.4 is 4.72 Å². The van der Waals surface area contributed by atoms with Crippen molar-refractivity contribution >= 4 is 21.4 Å². The Bertz CT molecular complexity index is 507. The van der Waals surface area contributed by atoms with E-state index in [1.807, 2.05) is 27.7 Å². The zero-order chi connectivity index (χ0) is 14.0. The zero-order valence-electron chi connectivity index (χ0n) is 11.3. The van der Waals surface area contributed by atoms with Crippen molar-refractivity contribution < 1.29 is 13.5 Å². The van der Waals surface area contributed by atoms with Crippen molar-refractivity contribution in [3.05, 3.63) is 15.8 Å². The highest BCUT2D eigenvalue weighted by molar-refractivity contribution is 7.89. The third kappa shape index (κ3) is 3.54. The number of rotatable bonds is 6. The molecule has 1 unspecified atom stereocenters. The van der Waals surface area contributed by atoms with Gasteiger partial charge in [-0.15, -0.1) is 11.3 Å². The van der Waals surface area contributed by atoms with E-state index in [9.17, 15) is 8.42 Å². The summed E-state index contributed by atoms with van der Waals surface area (Å²) in [6, 6.07) is 1.69. The first kappa shape index (κ1) is 15.6. The predicted octanol–water partition coefficient (Wildman–Crippen LogP) is 2.19. The van der Waals surface area contributed by atoms with Crippen LogP contribution in [-0.2, 0) is 10.0 Å².